The van der Waals surface area contributed by atoms with E-state index in [4.69, 9.17) is 0 Å². The van der Waals surface area contributed by atoms with Crippen LogP contribution in [0.15, 0.2) is 12.4 Å². The summed E-state index contributed by atoms with van der Waals surface area (Å²) in [6, 6.07) is 0. The van der Waals surface area contributed by atoms with Crippen molar-refractivity contribution in [1.29, 1.82) is 0 Å². The third-order valence-electron chi connectivity index (χ3n) is 4.07. The van der Waals surface area contributed by atoms with E-state index in [1.54, 1.807) is 0 Å². The molecule has 2 aliphatic rings. The van der Waals surface area contributed by atoms with Gasteiger partial charge in [0.1, 0.15) is 5.82 Å². The normalized spacial score (nSPS) is 18.5. The minimum Gasteiger partial charge on any atom is -0.369 e. The van der Waals surface area contributed by atoms with E-state index in [0.717, 1.165) is 42.9 Å². The van der Waals surface area contributed by atoms with Crippen molar-refractivity contribution >= 4 is 5.82 Å². The number of nitrogens with zero attached hydrogens (tertiary/aromatic N) is 3. The zero-order chi connectivity index (χ0) is 13.8. The van der Waals surface area contributed by atoms with Gasteiger partial charge < -0.3 is 5.32 Å². The van der Waals surface area contributed by atoms with Gasteiger partial charge in [-0.1, -0.05) is 6.92 Å². The van der Waals surface area contributed by atoms with Gasteiger partial charge in [-0.2, -0.15) is 0 Å². The van der Waals surface area contributed by atoms with Crippen molar-refractivity contribution in [3.8, 4) is 0 Å². The molecular formula is C16H26N4. The lowest BCUT2D eigenvalue weighted by Crippen LogP contribution is -2.28. The smallest absolute Gasteiger partial charge is 0.144 e. The number of nitrogens with one attached hydrogen (secondary N) is 1. The van der Waals surface area contributed by atoms with Gasteiger partial charge in [-0.3, -0.25) is 9.88 Å². The Bertz CT molecular complexity index is 395. The molecule has 1 aromatic heterocycles. The Morgan fingerprint density at radius 3 is 2.30 bits per heavy atom. The molecule has 2 fully saturated rings. The molecule has 0 spiro atoms. The van der Waals surface area contributed by atoms with Crippen molar-refractivity contribution in [3.63, 3.8) is 0 Å². The molecule has 0 atom stereocenters. The van der Waals surface area contributed by atoms with Crippen molar-refractivity contribution in [2.45, 2.75) is 45.6 Å². The fourth-order valence-electron chi connectivity index (χ4n) is 2.54. The summed E-state index contributed by atoms with van der Waals surface area (Å²) in [7, 11) is 0. The molecule has 20 heavy (non-hydrogen) atoms. The molecule has 4 nitrogen and oxygen atoms in total. The second-order valence-electron chi connectivity index (χ2n) is 6.40. The molecule has 0 amide bonds. The lowest BCUT2D eigenvalue weighted by Gasteiger charge is -2.21. The molecule has 0 bridgehead atoms. The molecule has 2 saturated carbocycles. The molecule has 1 heterocycles. The van der Waals surface area contributed by atoms with Crippen LogP contribution in [-0.2, 0) is 6.54 Å². The highest BCUT2D eigenvalue weighted by atomic mass is 15.1. The minimum atomic E-state index is 0.895. The lowest BCUT2D eigenvalue weighted by molar-refractivity contribution is 0.241. The molecular weight excluding hydrogens is 248 g/mol. The van der Waals surface area contributed by atoms with Gasteiger partial charge in [-0.15, -0.1) is 0 Å². The third kappa shape index (κ3) is 4.44. The highest BCUT2D eigenvalue weighted by Gasteiger charge is 2.29. The van der Waals surface area contributed by atoms with Gasteiger partial charge >= 0.3 is 0 Å². The molecule has 0 saturated heterocycles. The maximum atomic E-state index is 4.56. The van der Waals surface area contributed by atoms with Crippen LogP contribution in [0.1, 0.15) is 44.7 Å². The van der Waals surface area contributed by atoms with E-state index in [9.17, 15) is 0 Å². The van der Waals surface area contributed by atoms with Crippen LogP contribution >= 0.6 is 0 Å². The van der Waals surface area contributed by atoms with Crippen LogP contribution in [0.4, 0.5) is 5.82 Å². The molecule has 110 valence electrons. The van der Waals surface area contributed by atoms with Crippen molar-refractivity contribution in [2.75, 3.05) is 25.0 Å². The number of hydrogen-bond donors (Lipinski definition) is 1. The molecule has 0 radical (unpaired) electrons. The van der Waals surface area contributed by atoms with Gasteiger partial charge in [0.05, 0.1) is 18.1 Å². The first-order valence-electron chi connectivity index (χ1n) is 8.10. The Balaban J connectivity index is 1.52. The topological polar surface area (TPSA) is 41.1 Å². The van der Waals surface area contributed by atoms with E-state index in [1.807, 2.05) is 12.4 Å². The van der Waals surface area contributed by atoms with E-state index in [1.165, 1.54) is 38.8 Å². The predicted octanol–water partition coefficient (Wildman–Crippen LogP) is 2.92. The minimum absolute atomic E-state index is 0.895. The Labute approximate surface area is 122 Å². The standard InChI is InChI=1S/C16H26N4/c1-2-7-17-16-9-18-15(8-19-16)12-20(10-13-3-4-13)11-14-5-6-14/h8-9,13-14H,2-7,10-12H2,1H3,(H,17,19). The average molecular weight is 274 g/mol. The summed E-state index contributed by atoms with van der Waals surface area (Å²) in [6.07, 6.45) is 10.6. The van der Waals surface area contributed by atoms with E-state index in [-0.39, 0.29) is 0 Å². The zero-order valence-electron chi connectivity index (χ0n) is 12.5. The predicted molar refractivity (Wildman–Crippen MR) is 81.5 cm³/mol. The summed E-state index contributed by atoms with van der Waals surface area (Å²) in [6.45, 7) is 6.60. The largest absolute Gasteiger partial charge is 0.369 e. The van der Waals surface area contributed by atoms with E-state index < -0.39 is 0 Å². The molecule has 0 unspecified atom stereocenters. The quantitative estimate of drug-likeness (QED) is 0.751. The van der Waals surface area contributed by atoms with Crippen LogP contribution in [-0.4, -0.2) is 34.5 Å². The molecule has 4 heteroatoms. The fraction of sp³-hybridized carbons (Fsp3) is 0.750. The lowest BCUT2D eigenvalue weighted by atomic mass is 10.3. The molecule has 1 N–H and O–H groups in total. The van der Waals surface area contributed by atoms with Crippen molar-refractivity contribution in [1.82, 2.24) is 14.9 Å². The van der Waals surface area contributed by atoms with Crippen molar-refractivity contribution in [3.05, 3.63) is 18.1 Å². The van der Waals surface area contributed by atoms with Gasteiger partial charge in [-0.25, -0.2) is 4.98 Å². The van der Waals surface area contributed by atoms with Gasteiger partial charge in [0, 0.05) is 26.2 Å². The summed E-state index contributed by atoms with van der Waals surface area (Å²) >= 11 is 0. The van der Waals surface area contributed by atoms with E-state index in [0.29, 0.717) is 0 Å². The van der Waals surface area contributed by atoms with Gasteiger partial charge in [0.15, 0.2) is 0 Å². The first-order chi connectivity index (χ1) is 9.83. The summed E-state index contributed by atoms with van der Waals surface area (Å²) < 4.78 is 0. The first-order valence-corrected chi connectivity index (χ1v) is 8.10. The molecule has 3 rings (SSSR count). The monoisotopic (exact) mass is 274 g/mol. The van der Waals surface area contributed by atoms with E-state index in [2.05, 4.69) is 27.1 Å². The molecule has 2 aliphatic carbocycles. The van der Waals surface area contributed by atoms with Crippen LogP contribution in [0.25, 0.3) is 0 Å². The summed E-state index contributed by atoms with van der Waals surface area (Å²) in [4.78, 5) is 11.6. The Morgan fingerprint density at radius 1 is 1.10 bits per heavy atom. The van der Waals surface area contributed by atoms with Gasteiger partial charge in [0.25, 0.3) is 0 Å². The Hall–Kier alpha value is -1.16. The first kappa shape index (κ1) is 13.8. The summed E-state index contributed by atoms with van der Waals surface area (Å²) in [5.74, 6) is 2.80. The number of anilines is 1. The summed E-state index contributed by atoms with van der Waals surface area (Å²) in [5.41, 5.74) is 1.10. The maximum absolute atomic E-state index is 4.56. The highest BCUT2D eigenvalue weighted by molar-refractivity contribution is 5.30. The zero-order valence-corrected chi connectivity index (χ0v) is 12.5. The third-order valence-corrected chi connectivity index (χ3v) is 4.07. The molecule has 0 aliphatic heterocycles. The summed E-state index contributed by atoms with van der Waals surface area (Å²) in [5, 5.41) is 3.27. The van der Waals surface area contributed by atoms with Gasteiger partial charge in [0.2, 0.25) is 0 Å². The number of aromatic nitrogens is 2. The van der Waals surface area contributed by atoms with Crippen molar-refractivity contribution in [2.24, 2.45) is 11.8 Å². The molecule has 1 aromatic rings. The van der Waals surface area contributed by atoms with Crippen LogP contribution in [0, 0.1) is 11.8 Å². The number of rotatable bonds is 9. The van der Waals surface area contributed by atoms with Gasteiger partial charge in [-0.05, 0) is 43.9 Å². The average Bonchev–Trinajstić information content (AvgIpc) is 3.34. The Morgan fingerprint density at radius 2 is 1.80 bits per heavy atom. The number of hydrogen-bond acceptors (Lipinski definition) is 4. The molecule has 0 aromatic carbocycles. The van der Waals surface area contributed by atoms with Crippen LogP contribution in [0.2, 0.25) is 0 Å². The van der Waals surface area contributed by atoms with E-state index >= 15 is 0 Å². The van der Waals surface area contributed by atoms with Crippen LogP contribution in [0.5, 0.6) is 0 Å². The second-order valence-corrected chi connectivity index (χ2v) is 6.40. The van der Waals surface area contributed by atoms with Crippen LogP contribution in [0.3, 0.4) is 0 Å². The SMILES string of the molecule is CCCNc1cnc(CN(CC2CC2)CC2CC2)cn1. The Kier molecular flexibility index (Phi) is 4.51. The second kappa shape index (κ2) is 6.53. The highest BCUT2D eigenvalue weighted by Crippen LogP contribution is 2.34. The van der Waals surface area contributed by atoms with Crippen molar-refractivity contribution < 1.29 is 0 Å². The fourth-order valence-corrected chi connectivity index (χ4v) is 2.54. The van der Waals surface area contributed by atoms with Crippen LogP contribution < -0.4 is 5.32 Å². The maximum Gasteiger partial charge on any atom is 0.144 e.